The smallest absolute Gasteiger partial charge is 0.0412 e. The van der Waals surface area contributed by atoms with Gasteiger partial charge in [0.2, 0.25) is 0 Å². The topological polar surface area (TPSA) is 12.0 Å². The molecule has 0 atom stereocenters. The summed E-state index contributed by atoms with van der Waals surface area (Å²) < 4.78 is 1.07. The third kappa shape index (κ3) is 3.24. The summed E-state index contributed by atoms with van der Waals surface area (Å²) in [7, 11) is 0. The Kier molecular flexibility index (Phi) is 4.08. The molecule has 3 heteroatoms. The number of hydrogen-bond acceptors (Lipinski definition) is 1. The lowest BCUT2D eigenvalue weighted by atomic mass is 10.2. The van der Waals surface area contributed by atoms with Gasteiger partial charge in [-0.05, 0) is 42.3 Å². The second kappa shape index (κ2) is 5.56. The number of aryl methyl sites for hydroxylation is 1. The molecule has 0 aliphatic carbocycles. The molecule has 0 radical (unpaired) electrons. The quantitative estimate of drug-likeness (QED) is 0.839. The molecule has 0 saturated carbocycles. The molecule has 1 nitrogen and oxygen atoms in total. The van der Waals surface area contributed by atoms with Gasteiger partial charge in [0.25, 0.3) is 0 Å². The van der Waals surface area contributed by atoms with Crippen molar-refractivity contribution in [3.8, 4) is 0 Å². The standard InChI is InChI=1S/C14H13BrClN/c1-10-4-2-3-5-14(10)17-9-11-8-12(16)6-7-13(11)15/h2-8,17H,9H2,1H3. The van der Waals surface area contributed by atoms with Crippen molar-refractivity contribution in [1.29, 1.82) is 0 Å². The summed E-state index contributed by atoms with van der Waals surface area (Å²) in [6, 6.07) is 14.1. The first-order chi connectivity index (χ1) is 8.16. The van der Waals surface area contributed by atoms with Gasteiger partial charge in [-0.15, -0.1) is 0 Å². The first-order valence-electron chi connectivity index (χ1n) is 5.40. The van der Waals surface area contributed by atoms with Gasteiger partial charge in [-0.2, -0.15) is 0 Å². The SMILES string of the molecule is Cc1ccccc1NCc1cc(Cl)ccc1Br. The van der Waals surface area contributed by atoms with Crippen molar-refractivity contribution in [3.63, 3.8) is 0 Å². The maximum absolute atomic E-state index is 5.98. The van der Waals surface area contributed by atoms with Crippen molar-refractivity contribution >= 4 is 33.2 Å². The van der Waals surface area contributed by atoms with Gasteiger partial charge in [-0.1, -0.05) is 45.7 Å². The average molecular weight is 311 g/mol. The molecule has 88 valence electrons. The third-order valence-electron chi connectivity index (χ3n) is 2.62. The number of para-hydroxylation sites is 1. The maximum Gasteiger partial charge on any atom is 0.0412 e. The zero-order valence-electron chi connectivity index (χ0n) is 9.50. The number of anilines is 1. The van der Waals surface area contributed by atoms with Crippen LogP contribution < -0.4 is 5.32 Å². The third-order valence-corrected chi connectivity index (χ3v) is 3.63. The van der Waals surface area contributed by atoms with E-state index in [0.717, 1.165) is 27.3 Å². The van der Waals surface area contributed by atoms with Gasteiger partial charge >= 0.3 is 0 Å². The summed E-state index contributed by atoms with van der Waals surface area (Å²) in [5.74, 6) is 0. The second-order valence-electron chi connectivity index (χ2n) is 3.90. The second-order valence-corrected chi connectivity index (χ2v) is 5.19. The van der Waals surface area contributed by atoms with E-state index in [9.17, 15) is 0 Å². The van der Waals surface area contributed by atoms with Crippen molar-refractivity contribution < 1.29 is 0 Å². The molecule has 0 amide bonds. The Labute approximate surface area is 115 Å². The van der Waals surface area contributed by atoms with Gasteiger partial charge < -0.3 is 5.32 Å². The van der Waals surface area contributed by atoms with Gasteiger partial charge in [0.15, 0.2) is 0 Å². The molecule has 0 aromatic heterocycles. The van der Waals surface area contributed by atoms with Crippen molar-refractivity contribution in [2.45, 2.75) is 13.5 Å². The Hall–Kier alpha value is -0.990. The summed E-state index contributed by atoms with van der Waals surface area (Å²) in [5.41, 5.74) is 3.55. The van der Waals surface area contributed by atoms with Crippen molar-refractivity contribution in [2.24, 2.45) is 0 Å². The van der Waals surface area contributed by atoms with E-state index in [-0.39, 0.29) is 0 Å². The molecular weight excluding hydrogens is 298 g/mol. The van der Waals surface area contributed by atoms with Gasteiger partial charge in [0.05, 0.1) is 0 Å². The molecule has 0 aliphatic heterocycles. The van der Waals surface area contributed by atoms with Crippen LogP contribution in [0.1, 0.15) is 11.1 Å². The Morgan fingerprint density at radius 1 is 1.18 bits per heavy atom. The Bertz CT molecular complexity index is 525. The van der Waals surface area contributed by atoms with E-state index >= 15 is 0 Å². The van der Waals surface area contributed by atoms with Crippen LogP contribution in [0.2, 0.25) is 5.02 Å². The summed E-state index contributed by atoms with van der Waals surface area (Å²) in [5, 5.41) is 4.17. The van der Waals surface area contributed by atoms with Gasteiger partial charge in [-0.25, -0.2) is 0 Å². The highest BCUT2D eigenvalue weighted by atomic mass is 79.9. The molecule has 0 spiro atoms. The first kappa shape index (κ1) is 12.5. The van der Waals surface area contributed by atoms with E-state index in [2.05, 4.69) is 40.3 Å². The highest BCUT2D eigenvalue weighted by Gasteiger charge is 2.02. The highest BCUT2D eigenvalue weighted by molar-refractivity contribution is 9.10. The Morgan fingerprint density at radius 3 is 2.71 bits per heavy atom. The fraction of sp³-hybridized carbons (Fsp3) is 0.143. The van der Waals surface area contributed by atoms with Crippen LogP contribution in [-0.2, 0) is 6.54 Å². The monoisotopic (exact) mass is 309 g/mol. The van der Waals surface area contributed by atoms with E-state index in [1.807, 2.05) is 30.3 Å². The first-order valence-corrected chi connectivity index (χ1v) is 6.57. The van der Waals surface area contributed by atoms with Crippen molar-refractivity contribution in [1.82, 2.24) is 0 Å². The average Bonchev–Trinajstić information content (AvgIpc) is 2.32. The number of rotatable bonds is 3. The number of benzene rings is 2. The van der Waals surface area contributed by atoms with Crippen LogP contribution in [-0.4, -0.2) is 0 Å². The van der Waals surface area contributed by atoms with Crippen LogP contribution in [0.15, 0.2) is 46.9 Å². The normalized spacial score (nSPS) is 10.3. The molecule has 0 aliphatic rings. The van der Waals surface area contributed by atoms with Crippen molar-refractivity contribution in [2.75, 3.05) is 5.32 Å². The van der Waals surface area contributed by atoms with Crippen LogP contribution >= 0.6 is 27.5 Å². The molecule has 2 aromatic rings. The summed E-state index contributed by atoms with van der Waals surface area (Å²) in [6.45, 7) is 2.85. The van der Waals surface area contributed by atoms with E-state index in [1.54, 1.807) is 0 Å². The maximum atomic E-state index is 5.98. The lowest BCUT2D eigenvalue weighted by molar-refractivity contribution is 1.13. The molecule has 0 bridgehead atoms. The fourth-order valence-corrected chi connectivity index (χ4v) is 2.22. The summed E-state index contributed by atoms with van der Waals surface area (Å²) in [6.07, 6.45) is 0. The zero-order valence-corrected chi connectivity index (χ0v) is 11.8. The fourth-order valence-electron chi connectivity index (χ4n) is 1.64. The lowest BCUT2D eigenvalue weighted by Gasteiger charge is -2.10. The van der Waals surface area contributed by atoms with E-state index in [0.29, 0.717) is 0 Å². The van der Waals surface area contributed by atoms with Crippen LogP contribution in [0.4, 0.5) is 5.69 Å². The predicted molar refractivity (Wildman–Crippen MR) is 77.7 cm³/mol. The molecule has 0 heterocycles. The zero-order chi connectivity index (χ0) is 12.3. The predicted octanol–water partition coefficient (Wildman–Crippen LogP) is 5.02. The minimum absolute atomic E-state index is 0.756. The molecule has 17 heavy (non-hydrogen) atoms. The molecule has 2 aromatic carbocycles. The Morgan fingerprint density at radius 2 is 1.94 bits per heavy atom. The van der Waals surface area contributed by atoms with Gasteiger partial charge in [-0.3, -0.25) is 0 Å². The Balaban J connectivity index is 2.12. The largest absolute Gasteiger partial charge is 0.381 e. The van der Waals surface area contributed by atoms with Crippen LogP contribution in [0.25, 0.3) is 0 Å². The summed E-state index contributed by atoms with van der Waals surface area (Å²) in [4.78, 5) is 0. The van der Waals surface area contributed by atoms with Gasteiger partial charge in [0, 0.05) is 21.7 Å². The van der Waals surface area contributed by atoms with Crippen LogP contribution in [0, 0.1) is 6.92 Å². The molecular formula is C14H13BrClN. The van der Waals surface area contributed by atoms with E-state index in [1.165, 1.54) is 5.56 Å². The number of halogens is 2. The minimum Gasteiger partial charge on any atom is -0.381 e. The number of hydrogen-bond donors (Lipinski definition) is 1. The van der Waals surface area contributed by atoms with Crippen molar-refractivity contribution in [3.05, 3.63) is 63.1 Å². The summed E-state index contributed by atoms with van der Waals surface area (Å²) >= 11 is 9.51. The molecule has 0 saturated heterocycles. The van der Waals surface area contributed by atoms with Crippen LogP contribution in [0.5, 0.6) is 0 Å². The molecule has 0 unspecified atom stereocenters. The van der Waals surface area contributed by atoms with E-state index in [4.69, 9.17) is 11.6 Å². The molecule has 2 rings (SSSR count). The van der Waals surface area contributed by atoms with Gasteiger partial charge in [0.1, 0.15) is 0 Å². The number of nitrogens with one attached hydrogen (secondary N) is 1. The lowest BCUT2D eigenvalue weighted by Crippen LogP contribution is -2.01. The van der Waals surface area contributed by atoms with Crippen LogP contribution in [0.3, 0.4) is 0 Å². The molecule has 0 fully saturated rings. The highest BCUT2D eigenvalue weighted by Crippen LogP contribution is 2.23. The molecule has 1 N–H and O–H groups in total. The minimum atomic E-state index is 0.756. The van der Waals surface area contributed by atoms with E-state index < -0.39 is 0 Å².